The van der Waals surface area contributed by atoms with Gasteiger partial charge >= 0.3 is 5.97 Å². The summed E-state index contributed by atoms with van der Waals surface area (Å²) in [6, 6.07) is 6.26. The number of nitrogens with one attached hydrogen (secondary N) is 2. The molecule has 0 atom stereocenters. The van der Waals surface area contributed by atoms with Crippen molar-refractivity contribution in [3.63, 3.8) is 0 Å². The predicted molar refractivity (Wildman–Crippen MR) is 93.3 cm³/mol. The molecule has 6 heteroatoms. The predicted octanol–water partition coefficient (Wildman–Crippen LogP) is 3.31. The first-order valence-corrected chi connectivity index (χ1v) is 8.22. The maximum atomic E-state index is 13.1. The highest BCUT2D eigenvalue weighted by Crippen LogP contribution is 2.19. The molecule has 0 saturated carbocycles. The Labute approximate surface area is 146 Å². The van der Waals surface area contributed by atoms with Crippen LogP contribution in [0, 0.1) is 19.7 Å². The van der Waals surface area contributed by atoms with E-state index in [0.717, 1.165) is 5.56 Å². The second-order valence-electron chi connectivity index (χ2n) is 6.21. The van der Waals surface area contributed by atoms with Gasteiger partial charge in [0.2, 0.25) is 0 Å². The van der Waals surface area contributed by atoms with Crippen LogP contribution in [0.5, 0.6) is 0 Å². The lowest BCUT2D eigenvalue weighted by Crippen LogP contribution is -2.26. The minimum absolute atomic E-state index is 0.232. The fraction of sp³-hybridized carbons (Fsp3) is 0.368. The maximum absolute atomic E-state index is 13.1. The van der Waals surface area contributed by atoms with Gasteiger partial charge in [-0.2, -0.15) is 0 Å². The van der Waals surface area contributed by atoms with Crippen LogP contribution in [0.2, 0.25) is 0 Å². The van der Waals surface area contributed by atoms with Crippen LogP contribution in [-0.4, -0.2) is 29.5 Å². The van der Waals surface area contributed by atoms with Gasteiger partial charge in [-0.15, -0.1) is 0 Å². The number of benzene rings is 1. The molecule has 1 amide bonds. The van der Waals surface area contributed by atoms with Gasteiger partial charge in [0.25, 0.3) is 5.91 Å². The fourth-order valence-corrected chi connectivity index (χ4v) is 2.66. The zero-order valence-electron chi connectivity index (χ0n) is 14.9. The minimum atomic E-state index is -0.444. The second-order valence-corrected chi connectivity index (χ2v) is 6.21. The summed E-state index contributed by atoms with van der Waals surface area (Å²) >= 11 is 0. The second kappa shape index (κ2) is 7.96. The zero-order chi connectivity index (χ0) is 18.6. The van der Waals surface area contributed by atoms with Crippen molar-refractivity contribution in [1.82, 2.24) is 10.3 Å². The summed E-state index contributed by atoms with van der Waals surface area (Å²) in [6.07, 6.45) is 0.287. The van der Waals surface area contributed by atoms with Crippen molar-refractivity contribution in [2.24, 2.45) is 0 Å². The maximum Gasteiger partial charge on any atom is 0.340 e. The number of amides is 1. The van der Waals surface area contributed by atoms with Crippen LogP contribution < -0.4 is 5.32 Å². The molecular weight excluding hydrogens is 323 g/mol. The Morgan fingerprint density at radius 1 is 1.28 bits per heavy atom. The van der Waals surface area contributed by atoms with Crippen LogP contribution in [0.25, 0.3) is 0 Å². The lowest BCUT2D eigenvalue weighted by Gasteiger charge is -2.08. The van der Waals surface area contributed by atoms with Crippen LogP contribution in [0.15, 0.2) is 24.3 Å². The summed E-state index contributed by atoms with van der Waals surface area (Å²) in [5.41, 5.74) is 2.70. The molecule has 1 aromatic heterocycles. The van der Waals surface area contributed by atoms with E-state index in [-0.39, 0.29) is 17.8 Å². The molecule has 0 aliphatic carbocycles. The van der Waals surface area contributed by atoms with E-state index in [1.165, 1.54) is 12.1 Å². The summed E-state index contributed by atoms with van der Waals surface area (Å²) in [5, 5.41) is 2.78. The zero-order valence-corrected chi connectivity index (χ0v) is 14.9. The van der Waals surface area contributed by atoms with Crippen molar-refractivity contribution in [1.29, 1.82) is 0 Å². The van der Waals surface area contributed by atoms with Crippen molar-refractivity contribution in [3.8, 4) is 0 Å². The number of aromatic nitrogens is 1. The number of hydrogen-bond acceptors (Lipinski definition) is 3. The average Bonchev–Trinajstić information content (AvgIpc) is 2.81. The normalized spacial score (nSPS) is 10.8. The van der Waals surface area contributed by atoms with Gasteiger partial charge in [0.1, 0.15) is 11.5 Å². The van der Waals surface area contributed by atoms with Gasteiger partial charge < -0.3 is 15.0 Å². The Kier molecular flexibility index (Phi) is 5.96. The van der Waals surface area contributed by atoms with Crippen LogP contribution in [-0.2, 0) is 11.2 Å². The third kappa shape index (κ3) is 4.68. The highest BCUT2D eigenvalue weighted by atomic mass is 19.1. The molecule has 5 nitrogen and oxygen atoms in total. The first-order chi connectivity index (χ1) is 11.8. The molecule has 0 saturated heterocycles. The van der Waals surface area contributed by atoms with Crippen molar-refractivity contribution >= 4 is 11.9 Å². The van der Waals surface area contributed by atoms with Gasteiger partial charge in [-0.05, 0) is 57.4 Å². The van der Waals surface area contributed by atoms with E-state index in [9.17, 15) is 14.0 Å². The SMILES string of the molecule is Cc1[nH]c(C(=O)NCCc2cccc(F)c2)c(C)c1C(=O)OC(C)C. The number of ether oxygens (including phenoxy) is 1. The smallest absolute Gasteiger partial charge is 0.340 e. The molecule has 0 spiro atoms. The van der Waals surface area contributed by atoms with Crippen LogP contribution in [0.4, 0.5) is 4.39 Å². The van der Waals surface area contributed by atoms with Gasteiger partial charge in [0.05, 0.1) is 11.7 Å². The van der Waals surface area contributed by atoms with Gasteiger partial charge in [0, 0.05) is 12.2 Å². The lowest BCUT2D eigenvalue weighted by molar-refractivity contribution is 0.0376. The Balaban J connectivity index is 2.03. The lowest BCUT2D eigenvalue weighted by atomic mass is 10.1. The molecule has 0 aliphatic rings. The summed E-state index contributed by atoms with van der Waals surface area (Å²) in [5.74, 6) is -1.05. The van der Waals surface area contributed by atoms with Crippen molar-refractivity contribution in [3.05, 3.63) is 58.2 Å². The molecule has 0 unspecified atom stereocenters. The minimum Gasteiger partial charge on any atom is -0.459 e. The summed E-state index contributed by atoms with van der Waals surface area (Å²) < 4.78 is 18.4. The van der Waals surface area contributed by atoms with Crippen molar-refractivity contribution in [2.75, 3.05) is 6.54 Å². The van der Waals surface area contributed by atoms with E-state index in [0.29, 0.717) is 35.5 Å². The number of rotatable bonds is 6. The summed E-state index contributed by atoms with van der Waals surface area (Å²) in [4.78, 5) is 27.5. The highest BCUT2D eigenvalue weighted by molar-refractivity contribution is 6.00. The molecule has 0 radical (unpaired) electrons. The Hall–Kier alpha value is -2.63. The van der Waals surface area contributed by atoms with Crippen LogP contribution in [0.1, 0.15) is 51.5 Å². The third-order valence-electron chi connectivity index (χ3n) is 3.80. The number of H-pyrrole nitrogens is 1. The van der Waals surface area contributed by atoms with Crippen molar-refractivity contribution in [2.45, 2.75) is 40.2 Å². The average molecular weight is 346 g/mol. The molecule has 1 aromatic carbocycles. The molecule has 0 fully saturated rings. The van der Waals surface area contributed by atoms with Gasteiger partial charge in [-0.1, -0.05) is 12.1 Å². The Bertz CT molecular complexity index is 781. The molecule has 0 bridgehead atoms. The number of hydrogen-bond donors (Lipinski definition) is 2. The van der Waals surface area contributed by atoms with E-state index in [1.54, 1.807) is 39.8 Å². The van der Waals surface area contributed by atoms with Crippen LogP contribution in [0.3, 0.4) is 0 Å². The molecule has 2 N–H and O–H groups in total. The summed E-state index contributed by atoms with van der Waals surface area (Å²) in [6.45, 7) is 7.35. The number of carbonyl (C=O) groups excluding carboxylic acids is 2. The number of halogens is 1. The molecular formula is C19H23FN2O3. The molecule has 25 heavy (non-hydrogen) atoms. The van der Waals surface area contributed by atoms with Gasteiger partial charge in [-0.25, -0.2) is 9.18 Å². The van der Waals surface area contributed by atoms with Gasteiger partial charge in [0.15, 0.2) is 0 Å². The van der Waals surface area contributed by atoms with E-state index < -0.39 is 5.97 Å². The Morgan fingerprint density at radius 2 is 2.00 bits per heavy atom. The highest BCUT2D eigenvalue weighted by Gasteiger charge is 2.23. The van der Waals surface area contributed by atoms with E-state index in [1.807, 2.05) is 0 Å². The number of carbonyl (C=O) groups is 2. The van der Waals surface area contributed by atoms with E-state index in [2.05, 4.69) is 10.3 Å². The molecule has 2 aromatic rings. The quantitative estimate of drug-likeness (QED) is 0.788. The molecule has 2 rings (SSSR count). The first-order valence-electron chi connectivity index (χ1n) is 8.22. The molecule has 1 heterocycles. The van der Waals surface area contributed by atoms with Crippen molar-refractivity contribution < 1.29 is 18.7 Å². The van der Waals surface area contributed by atoms with E-state index >= 15 is 0 Å². The standard InChI is InChI=1S/C19H23FN2O3/c1-11(2)25-19(24)16-12(3)17(22-13(16)4)18(23)21-9-8-14-6-5-7-15(20)10-14/h5-7,10-11,22H,8-9H2,1-4H3,(H,21,23). The largest absolute Gasteiger partial charge is 0.459 e. The van der Waals surface area contributed by atoms with E-state index in [4.69, 9.17) is 4.74 Å². The number of aryl methyl sites for hydroxylation is 1. The monoisotopic (exact) mass is 346 g/mol. The molecule has 134 valence electrons. The topological polar surface area (TPSA) is 71.2 Å². The third-order valence-corrected chi connectivity index (χ3v) is 3.80. The first kappa shape index (κ1) is 18.7. The number of aromatic amines is 1. The fourth-order valence-electron chi connectivity index (χ4n) is 2.66. The van der Waals surface area contributed by atoms with Gasteiger partial charge in [-0.3, -0.25) is 4.79 Å². The number of esters is 1. The summed E-state index contributed by atoms with van der Waals surface area (Å²) in [7, 11) is 0. The van der Waals surface area contributed by atoms with Crippen LogP contribution >= 0.6 is 0 Å². The Morgan fingerprint density at radius 3 is 2.64 bits per heavy atom. The molecule has 0 aliphatic heterocycles.